The van der Waals surface area contributed by atoms with Gasteiger partial charge in [-0.1, -0.05) is 12.1 Å². The lowest BCUT2D eigenvalue weighted by atomic mass is 9.97. The molecule has 9 heteroatoms. The maximum absolute atomic E-state index is 12.6. The zero-order chi connectivity index (χ0) is 21.7. The quantitative estimate of drug-likeness (QED) is 0.539. The Morgan fingerprint density at radius 3 is 2.81 bits per heavy atom. The Labute approximate surface area is 179 Å². The van der Waals surface area contributed by atoms with E-state index in [1.165, 1.54) is 17.2 Å². The van der Waals surface area contributed by atoms with Gasteiger partial charge in [0.1, 0.15) is 5.82 Å². The van der Waals surface area contributed by atoms with Crippen LogP contribution in [0.2, 0.25) is 0 Å². The molecule has 0 spiro atoms. The molecule has 1 aliphatic heterocycles. The Bertz CT molecular complexity index is 1390. The van der Waals surface area contributed by atoms with Crippen molar-refractivity contribution in [2.24, 2.45) is 14.1 Å². The predicted octanol–water partition coefficient (Wildman–Crippen LogP) is 1.50. The number of benzene rings is 1. The standard InChI is InChI=1S/C22H27N7O2/c1-14-6-4-8-16-17(14)25-19(24-16)15-7-5-9-28(12-15)10-11-29-13-23-20-18(29)21(30)27(3)22(31)26(20)2/h4,6,8,13,15H,5,7,9-12H2,1-3H3,(H,24,25). The monoisotopic (exact) mass is 421 g/mol. The number of aromatic nitrogens is 6. The Balaban J connectivity index is 1.35. The third-order valence-electron chi connectivity index (χ3n) is 6.50. The number of likely N-dealkylation sites (tertiary alicyclic amines) is 1. The van der Waals surface area contributed by atoms with Crippen LogP contribution in [0.3, 0.4) is 0 Å². The minimum atomic E-state index is -0.359. The minimum absolute atomic E-state index is 0.301. The molecule has 1 aromatic carbocycles. The Kier molecular flexibility index (Phi) is 4.77. The fraction of sp³-hybridized carbons (Fsp3) is 0.455. The smallest absolute Gasteiger partial charge is 0.332 e. The highest BCUT2D eigenvalue weighted by Crippen LogP contribution is 2.27. The largest absolute Gasteiger partial charge is 0.342 e. The average Bonchev–Trinajstić information content (AvgIpc) is 3.40. The molecule has 1 N–H and O–H groups in total. The summed E-state index contributed by atoms with van der Waals surface area (Å²) in [6.07, 6.45) is 3.89. The molecule has 4 aromatic rings. The van der Waals surface area contributed by atoms with Gasteiger partial charge in [0.05, 0.1) is 17.4 Å². The maximum atomic E-state index is 12.6. The topological polar surface area (TPSA) is 93.7 Å². The van der Waals surface area contributed by atoms with E-state index in [-0.39, 0.29) is 11.2 Å². The second kappa shape index (κ2) is 7.49. The first-order chi connectivity index (χ1) is 14.9. The zero-order valence-corrected chi connectivity index (χ0v) is 18.1. The lowest BCUT2D eigenvalue weighted by Crippen LogP contribution is -2.39. The molecule has 31 heavy (non-hydrogen) atoms. The van der Waals surface area contributed by atoms with Gasteiger partial charge < -0.3 is 14.5 Å². The van der Waals surface area contributed by atoms with Crippen LogP contribution in [0, 0.1) is 6.92 Å². The van der Waals surface area contributed by atoms with Crippen LogP contribution in [0.5, 0.6) is 0 Å². The molecule has 0 aliphatic carbocycles. The molecule has 0 saturated carbocycles. The van der Waals surface area contributed by atoms with Crippen molar-refractivity contribution >= 4 is 22.2 Å². The highest BCUT2D eigenvalue weighted by atomic mass is 16.2. The van der Waals surface area contributed by atoms with E-state index in [0.29, 0.717) is 23.6 Å². The molecular weight excluding hydrogens is 394 g/mol. The van der Waals surface area contributed by atoms with E-state index in [9.17, 15) is 9.59 Å². The minimum Gasteiger partial charge on any atom is -0.342 e. The molecule has 0 radical (unpaired) electrons. The number of para-hydroxylation sites is 1. The van der Waals surface area contributed by atoms with E-state index in [2.05, 4.69) is 40.0 Å². The predicted molar refractivity (Wildman–Crippen MR) is 119 cm³/mol. The van der Waals surface area contributed by atoms with Gasteiger partial charge in [-0.25, -0.2) is 14.8 Å². The third kappa shape index (κ3) is 3.29. The van der Waals surface area contributed by atoms with Crippen molar-refractivity contribution in [2.45, 2.75) is 32.2 Å². The molecule has 1 aliphatic rings. The van der Waals surface area contributed by atoms with Crippen LogP contribution in [-0.4, -0.2) is 53.2 Å². The third-order valence-corrected chi connectivity index (χ3v) is 6.50. The van der Waals surface area contributed by atoms with Crippen LogP contribution in [0.15, 0.2) is 34.1 Å². The van der Waals surface area contributed by atoms with Gasteiger partial charge in [0, 0.05) is 39.6 Å². The van der Waals surface area contributed by atoms with Gasteiger partial charge in [0.15, 0.2) is 11.2 Å². The molecule has 1 saturated heterocycles. The van der Waals surface area contributed by atoms with E-state index in [1.807, 2.05) is 4.57 Å². The summed E-state index contributed by atoms with van der Waals surface area (Å²) >= 11 is 0. The molecule has 3 aromatic heterocycles. The lowest BCUT2D eigenvalue weighted by molar-refractivity contribution is 0.198. The first kappa shape index (κ1) is 19.7. The number of imidazole rings is 2. The van der Waals surface area contributed by atoms with E-state index in [4.69, 9.17) is 4.98 Å². The van der Waals surface area contributed by atoms with Gasteiger partial charge in [-0.15, -0.1) is 0 Å². The number of nitrogens with one attached hydrogen (secondary N) is 1. The normalized spacial score (nSPS) is 17.7. The first-order valence-corrected chi connectivity index (χ1v) is 10.7. The van der Waals surface area contributed by atoms with Crippen molar-refractivity contribution in [3.8, 4) is 0 Å². The maximum Gasteiger partial charge on any atom is 0.332 e. The Hall–Kier alpha value is -3.20. The molecule has 4 heterocycles. The van der Waals surface area contributed by atoms with E-state index in [0.717, 1.165) is 53.9 Å². The summed E-state index contributed by atoms with van der Waals surface area (Å²) in [5.74, 6) is 1.43. The van der Waals surface area contributed by atoms with Crippen LogP contribution in [0.4, 0.5) is 0 Å². The van der Waals surface area contributed by atoms with E-state index < -0.39 is 0 Å². The first-order valence-electron chi connectivity index (χ1n) is 10.7. The van der Waals surface area contributed by atoms with Crippen molar-refractivity contribution in [1.82, 2.24) is 33.6 Å². The van der Waals surface area contributed by atoms with Gasteiger partial charge in [-0.3, -0.25) is 13.9 Å². The summed E-state index contributed by atoms with van der Waals surface area (Å²) in [6.45, 7) is 5.51. The number of aryl methyl sites for hydroxylation is 2. The van der Waals surface area contributed by atoms with Crippen molar-refractivity contribution in [1.29, 1.82) is 0 Å². The van der Waals surface area contributed by atoms with Crippen LogP contribution < -0.4 is 11.2 Å². The van der Waals surface area contributed by atoms with Crippen molar-refractivity contribution in [3.05, 3.63) is 56.8 Å². The number of nitrogens with zero attached hydrogens (tertiary/aromatic N) is 6. The average molecular weight is 422 g/mol. The molecule has 5 rings (SSSR count). The summed E-state index contributed by atoms with van der Waals surface area (Å²) < 4.78 is 4.43. The number of aromatic amines is 1. The van der Waals surface area contributed by atoms with Gasteiger partial charge in [0.25, 0.3) is 5.56 Å². The van der Waals surface area contributed by atoms with E-state index in [1.54, 1.807) is 13.4 Å². The fourth-order valence-corrected chi connectivity index (χ4v) is 4.69. The lowest BCUT2D eigenvalue weighted by Gasteiger charge is -2.31. The molecule has 0 bridgehead atoms. The van der Waals surface area contributed by atoms with Crippen molar-refractivity contribution in [3.63, 3.8) is 0 Å². The van der Waals surface area contributed by atoms with Gasteiger partial charge >= 0.3 is 5.69 Å². The highest BCUT2D eigenvalue weighted by Gasteiger charge is 2.24. The van der Waals surface area contributed by atoms with Gasteiger partial charge in [-0.05, 0) is 37.9 Å². The Morgan fingerprint density at radius 2 is 2.00 bits per heavy atom. The highest BCUT2D eigenvalue weighted by molar-refractivity contribution is 5.78. The summed E-state index contributed by atoms with van der Waals surface area (Å²) in [5.41, 5.74) is 3.59. The SMILES string of the molecule is Cc1cccc2[nH]c(C3CCCN(CCn4cnc5c4c(=O)n(C)c(=O)n5C)C3)nc12. The molecule has 162 valence electrons. The van der Waals surface area contributed by atoms with Crippen molar-refractivity contribution < 1.29 is 0 Å². The molecule has 1 atom stereocenters. The number of H-pyrrole nitrogens is 1. The van der Waals surface area contributed by atoms with Crippen LogP contribution in [0.25, 0.3) is 22.2 Å². The number of rotatable bonds is 4. The second-order valence-electron chi connectivity index (χ2n) is 8.55. The number of hydrogen-bond donors (Lipinski definition) is 1. The van der Waals surface area contributed by atoms with Crippen LogP contribution >= 0.6 is 0 Å². The zero-order valence-electron chi connectivity index (χ0n) is 18.1. The van der Waals surface area contributed by atoms with Gasteiger partial charge in [-0.2, -0.15) is 0 Å². The fourth-order valence-electron chi connectivity index (χ4n) is 4.69. The summed E-state index contributed by atoms with van der Waals surface area (Å²) in [6, 6.07) is 6.23. The summed E-state index contributed by atoms with van der Waals surface area (Å²) in [7, 11) is 3.15. The number of piperidine rings is 1. The van der Waals surface area contributed by atoms with E-state index >= 15 is 0 Å². The summed E-state index contributed by atoms with van der Waals surface area (Å²) in [4.78, 5) is 39.9. The second-order valence-corrected chi connectivity index (χ2v) is 8.55. The molecule has 9 nitrogen and oxygen atoms in total. The van der Waals surface area contributed by atoms with Crippen LogP contribution in [-0.2, 0) is 20.6 Å². The number of hydrogen-bond acceptors (Lipinski definition) is 5. The number of fused-ring (bicyclic) bond motifs is 2. The molecule has 1 unspecified atom stereocenters. The van der Waals surface area contributed by atoms with Crippen molar-refractivity contribution in [2.75, 3.05) is 19.6 Å². The van der Waals surface area contributed by atoms with Gasteiger partial charge in [0.2, 0.25) is 0 Å². The molecular formula is C22H27N7O2. The molecule has 1 fully saturated rings. The van der Waals surface area contributed by atoms with Crippen LogP contribution in [0.1, 0.15) is 30.1 Å². The Morgan fingerprint density at radius 1 is 1.16 bits per heavy atom. The molecule has 0 amide bonds. The summed E-state index contributed by atoms with van der Waals surface area (Å²) in [5, 5.41) is 0.